The Balaban J connectivity index is 0.000001000. The second-order valence-electron chi connectivity index (χ2n) is 1.74. The predicted molar refractivity (Wildman–Crippen MR) is 54.2 cm³/mol. The average Bonchev–Trinajstić information content (AvgIpc) is 1.88. The number of benzene rings is 1. The molecule has 62 valence electrons. The Kier molecular flexibility index (Phi) is 4.84. The molecule has 0 aliphatic heterocycles. The zero-order valence-electron chi connectivity index (χ0n) is 5.47. The minimum Gasteiger partial charge on any atom is -0.322 e. The number of hydrogen-bond donors (Lipinski definition) is 2. The molecule has 0 amide bonds. The molecule has 0 atom stereocenters. The fourth-order valence-electron chi connectivity index (χ4n) is 0.636. The van der Waals surface area contributed by atoms with E-state index in [9.17, 15) is 0 Å². The molecule has 0 saturated heterocycles. The fourth-order valence-corrected chi connectivity index (χ4v) is 1.46. The van der Waals surface area contributed by atoms with Crippen molar-refractivity contribution in [1.82, 2.24) is 0 Å². The van der Waals surface area contributed by atoms with Crippen LogP contribution in [0.3, 0.4) is 0 Å². The highest BCUT2D eigenvalue weighted by Crippen LogP contribution is 2.28. The molecule has 0 aromatic heterocycles. The number of hydrogen-bond acceptors (Lipinski definition) is 2. The van der Waals surface area contributed by atoms with E-state index in [0.29, 0.717) is 10.7 Å². The van der Waals surface area contributed by atoms with Gasteiger partial charge in [0.2, 0.25) is 0 Å². The second kappa shape index (κ2) is 4.83. The van der Waals surface area contributed by atoms with Gasteiger partial charge in [-0.15, -0.1) is 12.4 Å². The van der Waals surface area contributed by atoms with Crippen molar-refractivity contribution in [3.05, 3.63) is 27.7 Å². The molecule has 0 heterocycles. The molecule has 0 aliphatic rings. The molecular formula is C6H7BrCl2N2. The lowest BCUT2D eigenvalue weighted by Gasteiger charge is -2.03. The Bertz CT molecular complexity index is 222. The van der Waals surface area contributed by atoms with Gasteiger partial charge in [-0.25, -0.2) is 0 Å². The van der Waals surface area contributed by atoms with E-state index in [4.69, 9.17) is 17.4 Å². The lowest BCUT2D eigenvalue weighted by Crippen LogP contribution is -2.07. The number of halogens is 3. The van der Waals surface area contributed by atoms with Gasteiger partial charge in [0.15, 0.2) is 0 Å². The standard InChI is InChI=1S/C6H6BrClN2.ClH/c7-4-2-1-3-5(8)6(4)10-9;/h1-3,10H,9H2;1H. The highest BCUT2D eigenvalue weighted by Gasteiger charge is 2.00. The maximum absolute atomic E-state index is 5.76. The molecule has 3 N–H and O–H groups in total. The van der Waals surface area contributed by atoms with Gasteiger partial charge in [-0.3, -0.25) is 5.84 Å². The smallest absolute Gasteiger partial charge is 0.0815 e. The molecule has 0 saturated carbocycles. The third kappa shape index (κ3) is 2.52. The van der Waals surface area contributed by atoms with Gasteiger partial charge in [0.05, 0.1) is 10.7 Å². The molecule has 5 heteroatoms. The van der Waals surface area contributed by atoms with Crippen LogP contribution in [0.2, 0.25) is 5.02 Å². The van der Waals surface area contributed by atoms with Crippen LogP contribution in [-0.2, 0) is 0 Å². The first kappa shape index (κ1) is 11.0. The number of hydrazine groups is 1. The Morgan fingerprint density at radius 2 is 2.09 bits per heavy atom. The maximum atomic E-state index is 5.76. The summed E-state index contributed by atoms with van der Waals surface area (Å²) in [5.41, 5.74) is 3.20. The molecule has 0 spiro atoms. The first-order valence-electron chi connectivity index (χ1n) is 2.66. The van der Waals surface area contributed by atoms with Crippen molar-refractivity contribution in [2.24, 2.45) is 5.84 Å². The van der Waals surface area contributed by atoms with Crippen molar-refractivity contribution in [2.45, 2.75) is 0 Å². The number of nitrogens with one attached hydrogen (secondary N) is 1. The number of nitrogens with two attached hydrogens (primary N) is 1. The van der Waals surface area contributed by atoms with Crippen molar-refractivity contribution < 1.29 is 0 Å². The Labute approximate surface area is 84.6 Å². The quantitative estimate of drug-likeness (QED) is 0.600. The molecule has 0 aliphatic carbocycles. The molecule has 0 radical (unpaired) electrons. The van der Waals surface area contributed by atoms with Crippen molar-refractivity contribution in [3.8, 4) is 0 Å². The second-order valence-corrected chi connectivity index (χ2v) is 3.00. The van der Waals surface area contributed by atoms with Crippen LogP contribution in [0.4, 0.5) is 5.69 Å². The van der Waals surface area contributed by atoms with E-state index in [2.05, 4.69) is 21.4 Å². The highest BCUT2D eigenvalue weighted by atomic mass is 79.9. The molecule has 0 fully saturated rings. The van der Waals surface area contributed by atoms with Crippen LogP contribution in [0, 0.1) is 0 Å². The summed E-state index contributed by atoms with van der Waals surface area (Å²) >= 11 is 9.04. The van der Waals surface area contributed by atoms with Crippen LogP contribution in [0.15, 0.2) is 22.7 Å². The monoisotopic (exact) mass is 256 g/mol. The van der Waals surface area contributed by atoms with Gasteiger partial charge in [-0.05, 0) is 28.1 Å². The molecule has 1 aromatic carbocycles. The first-order valence-corrected chi connectivity index (χ1v) is 3.83. The predicted octanol–water partition coefficient (Wildman–Crippen LogP) is 2.81. The van der Waals surface area contributed by atoms with Gasteiger partial charge in [-0.2, -0.15) is 0 Å². The number of para-hydroxylation sites is 1. The SMILES string of the molecule is Cl.NNc1c(Cl)cccc1Br. The van der Waals surface area contributed by atoms with E-state index in [1.165, 1.54) is 0 Å². The number of nitrogen functional groups attached to an aromatic ring is 1. The van der Waals surface area contributed by atoms with Crippen LogP contribution >= 0.6 is 39.9 Å². The normalized spacial score (nSPS) is 8.64. The van der Waals surface area contributed by atoms with E-state index < -0.39 is 0 Å². The molecule has 11 heavy (non-hydrogen) atoms. The summed E-state index contributed by atoms with van der Waals surface area (Å²) < 4.78 is 0.863. The molecule has 0 unspecified atom stereocenters. The third-order valence-electron chi connectivity index (χ3n) is 1.11. The summed E-state index contributed by atoms with van der Waals surface area (Å²) in [6, 6.07) is 5.47. The van der Waals surface area contributed by atoms with Gasteiger partial charge < -0.3 is 5.43 Å². The van der Waals surface area contributed by atoms with Crippen molar-refractivity contribution >= 4 is 45.6 Å². The molecular weight excluding hydrogens is 251 g/mol. The van der Waals surface area contributed by atoms with Gasteiger partial charge >= 0.3 is 0 Å². The first-order chi connectivity index (χ1) is 4.75. The minimum absolute atomic E-state index is 0. The number of rotatable bonds is 1. The zero-order valence-corrected chi connectivity index (χ0v) is 8.63. The summed E-state index contributed by atoms with van der Waals surface area (Å²) in [6.45, 7) is 0. The lowest BCUT2D eigenvalue weighted by atomic mass is 10.3. The summed E-state index contributed by atoms with van der Waals surface area (Å²) in [4.78, 5) is 0. The zero-order chi connectivity index (χ0) is 7.56. The molecule has 1 aromatic rings. The van der Waals surface area contributed by atoms with Crippen LogP contribution in [0.25, 0.3) is 0 Å². The minimum atomic E-state index is 0. The van der Waals surface area contributed by atoms with Crippen LogP contribution in [-0.4, -0.2) is 0 Å². The fraction of sp³-hybridized carbons (Fsp3) is 0. The number of anilines is 1. The third-order valence-corrected chi connectivity index (χ3v) is 2.08. The van der Waals surface area contributed by atoms with Gasteiger partial charge in [0.25, 0.3) is 0 Å². The highest BCUT2D eigenvalue weighted by molar-refractivity contribution is 9.10. The van der Waals surface area contributed by atoms with Gasteiger partial charge in [-0.1, -0.05) is 17.7 Å². The Morgan fingerprint density at radius 3 is 2.45 bits per heavy atom. The summed E-state index contributed by atoms with van der Waals surface area (Å²) in [5, 5.41) is 0.608. The van der Waals surface area contributed by atoms with E-state index in [-0.39, 0.29) is 12.4 Å². The largest absolute Gasteiger partial charge is 0.322 e. The maximum Gasteiger partial charge on any atom is 0.0815 e. The average molecular weight is 258 g/mol. The van der Waals surface area contributed by atoms with Crippen molar-refractivity contribution in [2.75, 3.05) is 5.43 Å². The van der Waals surface area contributed by atoms with Gasteiger partial charge in [0.1, 0.15) is 0 Å². The van der Waals surface area contributed by atoms with Crippen molar-refractivity contribution in [3.63, 3.8) is 0 Å². The summed E-state index contributed by atoms with van der Waals surface area (Å²) in [6.07, 6.45) is 0. The van der Waals surface area contributed by atoms with Crippen LogP contribution < -0.4 is 11.3 Å². The molecule has 1 rings (SSSR count). The Hall–Kier alpha value is 0.0400. The van der Waals surface area contributed by atoms with E-state index in [1.54, 1.807) is 6.07 Å². The van der Waals surface area contributed by atoms with E-state index in [1.807, 2.05) is 12.1 Å². The van der Waals surface area contributed by atoms with E-state index >= 15 is 0 Å². The summed E-state index contributed by atoms with van der Waals surface area (Å²) in [7, 11) is 0. The van der Waals surface area contributed by atoms with Crippen LogP contribution in [0.1, 0.15) is 0 Å². The topological polar surface area (TPSA) is 38.0 Å². The Morgan fingerprint density at radius 1 is 1.45 bits per heavy atom. The molecule has 0 bridgehead atoms. The lowest BCUT2D eigenvalue weighted by molar-refractivity contribution is 1.34. The summed E-state index contributed by atoms with van der Waals surface area (Å²) in [5.74, 6) is 5.19. The van der Waals surface area contributed by atoms with E-state index in [0.717, 1.165) is 4.47 Å². The van der Waals surface area contributed by atoms with Crippen LogP contribution in [0.5, 0.6) is 0 Å². The molecule has 2 nitrogen and oxygen atoms in total. The van der Waals surface area contributed by atoms with Gasteiger partial charge in [0, 0.05) is 4.47 Å². The van der Waals surface area contributed by atoms with Crippen molar-refractivity contribution in [1.29, 1.82) is 0 Å².